The first kappa shape index (κ1) is 5.69. The van der Waals surface area contributed by atoms with Crippen LogP contribution in [0.4, 0.5) is 0 Å². The molecule has 1 spiro atoms. The van der Waals surface area contributed by atoms with Gasteiger partial charge in [0.25, 0.3) is 0 Å². The molecule has 52 valence electrons. The highest BCUT2D eigenvalue weighted by Crippen LogP contribution is 2.35. The molecule has 0 aromatic rings. The molecule has 0 atom stereocenters. The van der Waals surface area contributed by atoms with E-state index in [2.05, 4.69) is 0 Å². The molecule has 2 aliphatic rings. The monoisotopic (exact) mass is 128 g/mol. The van der Waals surface area contributed by atoms with Crippen LogP contribution in [0.15, 0.2) is 0 Å². The minimum atomic E-state index is -0.111. The van der Waals surface area contributed by atoms with Gasteiger partial charge in [-0.25, -0.2) is 0 Å². The fourth-order valence-electron chi connectivity index (χ4n) is 1.65. The van der Waals surface area contributed by atoms with Crippen LogP contribution >= 0.6 is 0 Å². The lowest BCUT2D eigenvalue weighted by atomic mass is 10.1. The van der Waals surface area contributed by atoms with E-state index in [1.807, 2.05) is 0 Å². The molecule has 0 unspecified atom stereocenters. The fourth-order valence-corrected chi connectivity index (χ4v) is 1.65. The van der Waals surface area contributed by atoms with Crippen LogP contribution in [0.2, 0.25) is 0 Å². The maximum absolute atomic E-state index is 5.48. The van der Waals surface area contributed by atoms with Gasteiger partial charge < -0.3 is 9.47 Å². The quantitative estimate of drug-likeness (QED) is 0.489. The molecule has 0 aromatic heterocycles. The predicted molar refractivity (Wildman–Crippen MR) is 33.1 cm³/mol. The highest BCUT2D eigenvalue weighted by Gasteiger charge is 2.38. The molecule has 0 radical (unpaired) electrons. The van der Waals surface area contributed by atoms with Gasteiger partial charge in [0.15, 0.2) is 5.79 Å². The Morgan fingerprint density at radius 3 is 1.78 bits per heavy atom. The van der Waals surface area contributed by atoms with Gasteiger partial charge in [0.05, 0.1) is 13.2 Å². The highest BCUT2D eigenvalue weighted by atomic mass is 16.7. The van der Waals surface area contributed by atoms with Crippen molar-refractivity contribution >= 4 is 0 Å². The van der Waals surface area contributed by atoms with Crippen molar-refractivity contribution in [2.75, 3.05) is 13.2 Å². The molecule has 2 heteroatoms. The Morgan fingerprint density at radius 2 is 1.44 bits per heavy atom. The second-order valence-electron chi connectivity index (χ2n) is 2.81. The Kier molecular flexibility index (Phi) is 1.24. The van der Waals surface area contributed by atoms with Crippen LogP contribution in [0.1, 0.15) is 25.7 Å². The second-order valence-corrected chi connectivity index (χ2v) is 2.81. The molecular weight excluding hydrogens is 116 g/mol. The first-order valence-corrected chi connectivity index (χ1v) is 3.69. The summed E-state index contributed by atoms with van der Waals surface area (Å²) in [6.45, 7) is 1.81. The number of hydrogen-bond acceptors (Lipinski definition) is 2. The van der Waals surface area contributed by atoms with E-state index in [0.29, 0.717) is 0 Å². The van der Waals surface area contributed by atoms with Crippen LogP contribution in [0.3, 0.4) is 0 Å². The fraction of sp³-hybridized carbons (Fsp3) is 1.00. The van der Waals surface area contributed by atoms with Crippen LogP contribution in [0.25, 0.3) is 0 Å². The third kappa shape index (κ3) is 0.864. The summed E-state index contributed by atoms with van der Waals surface area (Å²) in [6, 6.07) is 0. The van der Waals surface area contributed by atoms with E-state index >= 15 is 0 Å². The molecular formula is C7H12O2. The minimum Gasteiger partial charge on any atom is -0.350 e. The van der Waals surface area contributed by atoms with Crippen LogP contribution in [0, 0.1) is 0 Å². The third-order valence-electron chi connectivity index (χ3n) is 2.13. The van der Waals surface area contributed by atoms with Crippen molar-refractivity contribution < 1.29 is 9.47 Å². The number of hydrogen-bond donors (Lipinski definition) is 0. The van der Waals surface area contributed by atoms with Crippen molar-refractivity contribution in [1.82, 2.24) is 0 Å². The maximum atomic E-state index is 5.48. The maximum Gasteiger partial charge on any atom is 0.168 e. The van der Waals surface area contributed by atoms with E-state index in [4.69, 9.17) is 9.47 Å². The second kappa shape index (κ2) is 1.96. The smallest absolute Gasteiger partial charge is 0.168 e. The van der Waals surface area contributed by atoms with E-state index in [-0.39, 0.29) is 5.79 Å². The summed E-state index contributed by atoms with van der Waals surface area (Å²) in [7, 11) is 0. The molecule has 0 aromatic carbocycles. The van der Waals surface area contributed by atoms with Crippen LogP contribution in [-0.2, 0) is 9.47 Å². The molecule has 0 aliphatic carbocycles. The van der Waals surface area contributed by atoms with Gasteiger partial charge in [-0.3, -0.25) is 0 Å². The van der Waals surface area contributed by atoms with E-state index in [0.717, 1.165) is 26.1 Å². The summed E-state index contributed by atoms with van der Waals surface area (Å²) >= 11 is 0. The zero-order chi connectivity index (χ0) is 6.16. The molecule has 2 saturated heterocycles. The first-order chi connectivity index (χ1) is 4.41. The van der Waals surface area contributed by atoms with Crippen molar-refractivity contribution in [1.29, 1.82) is 0 Å². The lowest BCUT2D eigenvalue weighted by Crippen LogP contribution is -2.25. The van der Waals surface area contributed by atoms with Crippen LogP contribution in [0.5, 0.6) is 0 Å². The first-order valence-electron chi connectivity index (χ1n) is 3.69. The molecule has 0 amide bonds. The molecule has 2 rings (SSSR count). The minimum absolute atomic E-state index is 0.111. The molecule has 2 fully saturated rings. The molecule has 2 aliphatic heterocycles. The van der Waals surface area contributed by atoms with Gasteiger partial charge in [-0.1, -0.05) is 0 Å². The van der Waals surface area contributed by atoms with E-state index < -0.39 is 0 Å². The average molecular weight is 128 g/mol. The Balaban J connectivity index is 2.04. The van der Waals surface area contributed by atoms with Crippen LogP contribution < -0.4 is 0 Å². The van der Waals surface area contributed by atoms with Gasteiger partial charge in [0.1, 0.15) is 0 Å². The third-order valence-corrected chi connectivity index (χ3v) is 2.13. The Bertz CT molecular complexity index is 82.0. The SMILES string of the molecule is C1COC2(C1)CCCO2. The molecule has 2 heterocycles. The Labute approximate surface area is 55.1 Å². The zero-order valence-electron chi connectivity index (χ0n) is 5.56. The summed E-state index contributed by atoms with van der Waals surface area (Å²) in [6.07, 6.45) is 4.60. The Morgan fingerprint density at radius 1 is 0.889 bits per heavy atom. The number of rotatable bonds is 0. The van der Waals surface area contributed by atoms with Crippen molar-refractivity contribution in [3.8, 4) is 0 Å². The summed E-state index contributed by atoms with van der Waals surface area (Å²) in [5.41, 5.74) is 0. The van der Waals surface area contributed by atoms with Crippen molar-refractivity contribution in [3.63, 3.8) is 0 Å². The highest BCUT2D eigenvalue weighted by molar-refractivity contribution is 4.79. The van der Waals surface area contributed by atoms with E-state index in [1.54, 1.807) is 0 Å². The summed E-state index contributed by atoms with van der Waals surface area (Å²) in [5, 5.41) is 0. The Hall–Kier alpha value is -0.0800. The average Bonchev–Trinajstić information content (AvgIpc) is 2.45. The molecule has 0 saturated carbocycles. The van der Waals surface area contributed by atoms with Crippen molar-refractivity contribution in [2.24, 2.45) is 0 Å². The lowest BCUT2D eigenvalue weighted by molar-refractivity contribution is -0.178. The zero-order valence-corrected chi connectivity index (χ0v) is 5.56. The summed E-state index contributed by atoms with van der Waals surface area (Å²) in [5.74, 6) is -0.111. The van der Waals surface area contributed by atoms with Gasteiger partial charge in [0, 0.05) is 12.8 Å². The van der Waals surface area contributed by atoms with Gasteiger partial charge in [-0.2, -0.15) is 0 Å². The van der Waals surface area contributed by atoms with Crippen LogP contribution in [-0.4, -0.2) is 19.0 Å². The summed E-state index contributed by atoms with van der Waals surface area (Å²) in [4.78, 5) is 0. The molecule has 0 bridgehead atoms. The van der Waals surface area contributed by atoms with Gasteiger partial charge in [-0.15, -0.1) is 0 Å². The van der Waals surface area contributed by atoms with Crippen molar-refractivity contribution in [2.45, 2.75) is 31.5 Å². The largest absolute Gasteiger partial charge is 0.350 e. The number of ether oxygens (including phenoxy) is 2. The topological polar surface area (TPSA) is 18.5 Å². The standard InChI is InChI=1S/C7H12O2/c1-3-7(8-5-1)4-2-6-9-7/h1-6H2. The van der Waals surface area contributed by atoms with Gasteiger partial charge in [-0.05, 0) is 12.8 Å². The van der Waals surface area contributed by atoms with E-state index in [9.17, 15) is 0 Å². The van der Waals surface area contributed by atoms with Crippen molar-refractivity contribution in [3.05, 3.63) is 0 Å². The normalized spacial score (nSPS) is 32.0. The molecule has 0 N–H and O–H groups in total. The lowest BCUT2D eigenvalue weighted by Gasteiger charge is -2.20. The molecule has 9 heavy (non-hydrogen) atoms. The molecule has 2 nitrogen and oxygen atoms in total. The van der Waals surface area contributed by atoms with Gasteiger partial charge in [0.2, 0.25) is 0 Å². The van der Waals surface area contributed by atoms with Gasteiger partial charge >= 0.3 is 0 Å². The summed E-state index contributed by atoms with van der Waals surface area (Å²) < 4.78 is 11.0. The predicted octanol–water partition coefficient (Wildman–Crippen LogP) is 1.30. The van der Waals surface area contributed by atoms with E-state index in [1.165, 1.54) is 12.8 Å².